The van der Waals surface area contributed by atoms with Gasteiger partial charge >= 0.3 is 0 Å². The van der Waals surface area contributed by atoms with Gasteiger partial charge in [0.2, 0.25) is 0 Å². The first-order chi connectivity index (χ1) is 6.17. The molecule has 1 aliphatic rings. The fraction of sp³-hybridized carbons (Fsp3) is 0.625. The van der Waals surface area contributed by atoms with Crippen LogP contribution in [0.1, 0.15) is 24.1 Å². The number of nitrogens with one attached hydrogen (secondary N) is 1. The second-order valence-corrected chi connectivity index (χ2v) is 4.19. The van der Waals surface area contributed by atoms with Crippen molar-refractivity contribution < 1.29 is 5.11 Å². The van der Waals surface area contributed by atoms with E-state index in [1.54, 1.807) is 0 Å². The Balaban J connectivity index is 2.40. The predicted molar refractivity (Wildman–Crippen MR) is 52.2 cm³/mol. The number of aromatic nitrogens is 2. The Kier molecular flexibility index (Phi) is 2.17. The molecule has 4 N–H and O–H groups in total. The third-order valence-corrected chi connectivity index (χ3v) is 3.18. The minimum absolute atomic E-state index is 0.494. The zero-order valence-corrected chi connectivity index (χ0v) is 8.76. The molecule has 72 valence electrons. The number of hydrogen-bond acceptors (Lipinski definition) is 3. The summed E-state index contributed by atoms with van der Waals surface area (Å²) in [6.07, 6.45) is 2.19. The van der Waals surface area contributed by atoms with Gasteiger partial charge in [0.15, 0.2) is 0 Å². The highest BCUT2D eigenvalue weighted by Crippen LogP contribution is 2.41. The van der Waals surface area contributed by atoms with E-state index in [0.29, 0.717) is 13.0 Å². The number of aromatic amines is 1. The normalized spacial score (nSPS) is 26.4. The van der Waals surface area contributed by atoms with Gasteiger partial charge in [0.25, 0.3) is 0 Å². The van der Waals surface area contributed by atoms with Crippen molar-refractivity contribution in [3.05, 3.63) is 15.9 Å². The van der Waals surface area contributed by atoms with Gasteiger partial charge in [-0.3, -0.25) is 5.10 Å². The number of aliphatic hydroxyl groups is 1. The Morgan fingerprint density at radius 3 is 3.15 bits per heavy atom. The topological polar surface area (TPSA) is 74.9 Å². The monoisotopic (exact) mass is 245 g/mol. The minimum atomic E-state index is -0.768. The fourth-order valence-electron chi connectivity index (χ4n) is 1.95. The fourth-order valence-corrected chi connectivity index (χ4v) is 2.65. The SMILES string of the molecule is NCCC1(O)CCc2[nH]nc(Br)c21. The Hall–Kier alpha value is -0.390. The molecule has 1 heterocycles. The summed E-state index contributed by atoms with van der Waals surface area (Å²) in [5.41, 5.74) is 6.63. The Bertz CT molecular complexity index is 325. The molecule has 0 radical (unpaired) electrons. The average molecular weight is 246 g/mol. The second-order valence-electron chi connectivity index (χ2n) is 3.44. The quantitative estimate of drug-likeness (QED) is 0.717. The number of rotatable bonds is 2. The van der Waals surface area contributed by atoms with Crippen molar-refractivity contribution in [1.29, 1.82) is 0 Å². The molecule has 1 atom stereocenters. The highest BCUT2D eigenvalue weighted by Gasteiger charge is 2.39. The lowest BCUT2D eigenvalue weighted by Gasteiger charge is -2.21. The maximum Gasteiger partial charge on any atom is 0.134 e. The first-order valence-electron chi connectivity index (χ1n) is 4.33. The van der Waals surface area contributed by atoms with Crippen LogP contribution in [0.5, 0.6) is 0 Å². The summed E-state index contributed by atoms with van der Waals surface area (Å²) in [6.45, 7) is 0.494. The zero-order valence-electron chi connectivity index (χ0n) is 7.18. The molecule has 0 saturated heterocycles. The van der Waals surface area contributed by atoms with Gasteiger partial charge in [0.1, 0.15) is 4.60 Å². The zero-order chi connectivity index (χ0) is 9.47. The number of hydrogen-bond donors (Lipinski definition) is 3. The number of halogens is 1. The van der Waals surface area contributed by atoms with Crippen LogP contribution in [0.25, 0.3) is 0 Å². The van der Waals surface area contributed by atoms with Crippen LogP contribution in [0.4, 0.5) is 0 Å². The second kappa shape index (κ2) is 3.08. The molecule has 0 saturated carbocycles. The Labute approximate surface area is 84.6 Å². The Morgan fingerprint density at radius 2 is 2.46 bits per heavy atom. The molecule has 13 heavy (non-hydrogen) atoms. The summed E-state index contributed by atoms with van der Waals surface area (Å²) >= 11 is 3.32. The van der Waals surface area contributed by atoms with Gasteiger partial charge in [0.05, 0.1) is 5.60 Å². The molecule has 1 aromatic heterocycles. The van der Waals surface area contributed by atoms with Crippen molar-refractivity contribution in [3.8, 4) is 0 Å². The van der Waals surface area contributed by atoms with Crippen LogP contribution in [-0.2, 0) is 12.0 Å². The molecular formula is C8H12BrN3O. The molecule has 2 rings (SSSR count). The van der Waals surface area contributed by atoms with Gasteiger partial charge in [-0.25, -0.2) is 0 Å². The number of H-pyrrole nitrogens is 1. The Morgan fingerprint density at radius 1 is 1.69 bits per heavy atom. The largest absolute Gasteiger partial charge is 0.385 e. The lowest BCUT2D eigenvalue weighted by molar-refractivity contribution is 0.0312. The van der Waals surface area contributed by atoms with E-state index in [-0.39, 0.29) is 0 Å². The summed E-state index contributed by atoms with van der Waals surface area (Å²) in [5, 5.41) is 17.2. The first-order valence-corrected chi connectivity index (χ1v) is 5.12. The maximum absolute atomic E-state index is 10.2. The van der Waals surface area contributed by atoms with E-state index < -0.39 is 5.60 Å². The van der Waals surface area contributed by atoms with Crippen LogP contribution in [0.3, 0.4) is 0 Å². The summed E-state index contributed by atoms with van der Waals surface area (Å²) in [6, 6.07) is 0. The lowest BCUT2D eigenvalue weighted by Crippen LogP contribution is -2.26. The molecule has 0 spiro atoms. The molecule has 1 unspecified atom stereocenters. The van der Waals surface area contributed by atoms with Crippen molar-refractivity contribution >= 4 is 15.9 Å². The van der Waals surface area contributed by atoms with Gasteiger partial charge in [0, 0.05) is 11.3 Å². The van der Waals surface area contributed by atoms with E-state index in [1.807, 2.05) is 0 Å². The lowest BCUT2D eigenvalue weighted by atomic mass is 9.94. The number of aryl methyl sites for hydroxylation is 1. The molecular weight excluding hydrogens is 234 g/mol. The van der Waals surface area contributed by atoms with E-state index >= 15 is 0 Å². The first kappa shape index (κ1) is 9.18. The van der Waals surface area contributed by atoms with Crippen LogP contribution in [0.15, 0.2) is 4.60 Å². The van der Waals surface area contributed by atoms with Crippen LogP contribution in [-0.4, -0.2) is 21.8 Å². The van der Waals surface area contributed by atoms with Crippen molar-refractivity contribution in [1.82, 2.24) is 10.2 Å². The molecule has 1 aromatic rings. The highest BCUT2D eigenvalue weighted by molar-refractivity contribution is 9.10. The van der Waals surface area contributed by atoms with Crippen molar-refractivity contribution in [2.45, 2.75) is 24.9 Å². The van der Waals surface area contributed by atoms with Crippen LogP contribution in [0, 0.1) is 0 Å². The molecule has 0 bridgehead atoms. The predicted octanol–water partition coefficient (Wildman–Crippen LogP) is 0.655. The summed E-state index contributed by atoms with van der Waals surface area (Å²) in [4.78, 5) is 0. The van der Waals surface area contributed by atoms with Crippen molar-refractivity contribution in [3.63, 3.8) is 0 Å². The van der Waals surface area contributed by atoms with Gasteiger partial charge in [-0.05, 0) is 41.7 Å². The van der Waals surface area contributed by atoms with E-state index in [4.69, 9.17) is 5.73 Å². The molecule has 0 aromatic carbocycles. The third-order valence-electron chi connectivity index (χ3n) is 2.61. The molecule has 0 aliphatic heterocycles. The maximum atomic E-state index is 10.2. The minimum Gasteiger partial charge on any atom is -0.385 e. The van der Waals surface area contributed by atoms with Crippen molar-refractivity contribution in [2.75, 3.05) is 6.54 Å². The third kappa shape index (κ3) is 1.31. The number of fused-ring (bicyclic) bond motifs is 1. The van der Waals surface area contributed by atoms with E-state index in [9.17, 15) is 5.11 Å². The van der Waals surface area contributed by atoms with E-state index in [1.165, 1.54) is 0 Å². The van der Waals surface area contributed by atoms with Gasteiger partial charge < -0.3 is 10.8 Å². The molecule has 1 aliphatic carbocycles. The van der Waals surface area contributed by atoms with Gasteiger partial charge in [-0.1, -0.05) is 0 Å². The summed E-state index contributed by atoms with van der Waals surface area (Å²) in [5.74, 6) is 0. The van der Waals surface area contributed by atoms with E-state index in [0.717, 1.165) is 28.7 Å². The number of nitrogens with two attached hydrogens (primary N) is 1. The van der Waals surface area contributed by atoms with Crippen molar-refractivity contribution in [2.24, 2.45) is 5.73 Å². The van der Waals surface area contributed by atoms with Crippen LogP contribution < -0.4 is 5.73 Å². The van der Waals surface area contributed by atoms with Crippen LogP contribution in [0.2, 0.25) is 0 Å². The smallest absolute Gasteiger partial charge is 0.134 e. The van der Waals surface area contributed by atoms with Gasteiger partial charge in [-0.2, -0.15) is 5.10 Å². The molecule has 0 amide bonds. The summed E-state index contributed by atoms with van der Waals surface area (Å²) < 4.78 is 0.718. The standard InChI is InChI=1S/C8H12BrN3O/c9-7-6-5(11-12-7)1-2-8(6,13)3-4-10/h13H,1-4,10H2,(H,11,12). The molecule has 4 nitrogen and oxygen atoms in total. The number of nitrogens with zero attached hydrogens (tertiary/aromatic N) is 1. The summed E-state index contributed by atoms with van der Waals surface area (Å²) in [7, 11) is 0. The highest BCUT2D eigenvalue weighted by atomic mass is 79.9. The molecule has 5 heteroatoms. The average Bonchev–Trinajstić information content (AvgIpc) is 2.58. The van der Waals surface area contributed by atoms with E-state index in [2.05, 4.69) is 26.1 Å². The molecule has 0 fully saturated rings. The van der Waals surface area contributed by atoms with Crippen LogP contribution >= 0.6 is 15.9 Å². The van der Waals surface area contributed by atoms with Gasteiger partial charge in [-0.15, -0.1) is 0 Å².